The number of benzene rings is 1. The number of halogens is 2. The molecular formula is C19H18F2N6O. The van der Waals surface area contributed by atoms with E-state index in [1.165, 1.54) is 12.3 Å². The van der Waals surface area contributed by atoms with Crippen LogP contribution in [0.1, 0.15) is 34.9 Å². The first-order valence-electron chi connectivity index (χ1n) is 8.90. The zero-order valence-corrected chi connectivity index (χ0v) is 14.9. The lowest BCUT2D eigenvalue weighted by molar-refractivity contribution is 0.0699. The van der Waals surface area contributed by atoms with Crippen molar-refractivity contribution >= 4 is 11.9 Å². The highest BCUT2D eigenvalue weighted by Gasteiger charge is 2.27. The summed E-state index contributed by atoms with van der Waals surface area (Å²) in [6.45, 7) is 1.08. The first-order valence-corrected chi connectivity index (χ1v) is 8.90. The van der Waals surface area contributed by atoms with Gasteiger partial charge < -0.3 is 10.6 Å². The lowest BCUT2D eigenvalue weighted by atomic mass is 9.94. The average Bonchev–Trinajstić information content (AvgIpc) is 3.19. The van der Waals surface area contributed by atoms with Crippen LogP contribution in [0.3, 0.4) is 0 Å². The molecule has 1 amide bonds. The zero-order chi connectivity index (χ0) is 19.7. The number of nitrogen functional groups attached to an aromatic ring is 1. The number of hydrogen-bond acceptors (Lipinski definition) is 5. The van der Waals surface area contributed by atoms with Gasteiger partial charge in [-0.05, 0) is 37.1 Å². The number of piperidine rings is 1. The van der Waals surface area contributed by atoms with Gasteiger partial charge >= 0.3 is 0 Å². The molecule has 144 valence electrons. The SMILES string of the molecule is Nc1nccc(C2CCCN(C(=O)c3ccn(-c4cc(F)ccc4F)n3)C2)n1. The van der Waals surface area contributed by atoms with E-state index in [2.05, 4.69) is 15.1 Å². The highest BCUT2D eigenvalue weighted by Crippen LogP contribution is 2.26. The van der Waals surface area contributed by atoms with Crippen LogP contribution in [-0.4, -0.2) is 43.6 Å². The van der Waals surface area contributed by atoms with E-state index in [1.807, 2.05) is 0 Å². The molecule has 28 heavy (non-hydrogen) atoms. The second-order valence-corrected chi connectivity index (χ2v) is 6.67. The van der Waals surface area contributed by atoms with E-state index in [9.17, 15) is 13.6 Å². The number of rotatable bonds is 3. The van der Waals surface area contributed by atoms with E-state index in [0.717, 1.165) is 41.4 Å². The third-order valence-corrected chi connectivity index (χ3v) is 4.79. The Labute approximate surface area is 159 Å². The van der Waals surface area contributed by atoms with Crippen LogP contribution in [0.25, 0.3) is 5.69 Å². The summed E-state index contributed by atoms with van der Waals surface area (Å²) in [5.74, 6) is -1.20. The summed E-state index contributed by atoms with van der Waals surface area (Å²) < 4.78 is 28.5. The smallest absolute Gasteiger partial charge is 0.274 e. The van der Waals surface area contributed by atoms with Crippen LogP contribution in [0.2, 0.25) is 0 Å². The summed E-state index contributed by atoms with van der Waals surface area (Å²) in [6, 6.07) is 6.39. The maximum absolute atomic E-state index is 13.9. The quantitative estimate of drug-likeness (QED) is 0.750. The molecule has 3 aromatic rings. The van der Waals surface area contributed by atoms with Gasteiger partial charge in [0.05, 0.1) is 5.69 Å². The molecule has 1 aliphatic heterocycles. The van der Waals surface area contributed by atoms with Gasteiger partial charge in [0.25, 0.3) is 5.91 Å². The minimum absolute atomic E-state index is 0.0490. The molecule has 1 aromatic carbocycles. The molecule has 3 heterocycles. The molecule has 7 nitrogen and oxygen atoms in total. The van der Waals surface area contributed by atoms with Crippen LogP contribution in [-0.2, 0) is 0 Å². The van der Waals surface area contributed by atoms with Crippen LogP contribution in [0, 0.1) is 11.6 Å². The monoisotopic (exact) mass is 384 g/mol. The van der Waals surface area contributed by atoms with Crippen molar-refractivity contribution < 1.29 is 13.6 Å². The number of anilines is 1. The maximum Gasteiger partial charge on any atom is 0.274 e. The van der Waals surface area contributed by atoms with Gasteiger partial charge in [-0.15, -0.1) is 0 Å². The number of hydrogen-bond donors (Lipinski definition) is 1. The van der Waals surface area contributed by atoms with E-state index in [1.54, 1.807) is 17.2 Å². The topological polar surface area (TPSA) is 89.9 Å². The average molecular weight is 384 g/mol. The normalized spacial score (nSPS) is 16.9. The van der Waals surface area contributed by atoms with E-state index in [4.69, 9.17) is 5.73 Å². The molecule has 4 rings (SSSR count). The van der Waals surface area contributed by atoms with E-state index < -0.39 is 11.6 Å². The minimum Gasteiger partial charge on any atom is -0.368 e. The van der Waals surface area contributed by atoms with Crippen molar-refractivity contribution in [2.24, 2.45) is 0 Å². The predicted octanol–water partition coefficient (Wildman–Crippen LogP) is 2.54. The first kappa shape index (κ1) is 18.0. The van der Waals surface area contributed by atoms with Crippen molar-refractivity contribution in [2.75, 3.05) is 18.8 Å². The molecule has 0 radical (unpaired) electrons. The summed E-state index contributed by atoms with van der Waals surface area (Å²) in [4.78, 5) is 22.7. The number of carbonyl (C=O) groups excluding carboxylic acids is 1. The van der Waals surface area contributed by atoms with Gasteiger partial charge in [-0.1, -0.05) is 0 Å². The van der Waals surface area contributed by atoms with Crippen LogP contribution < -0.4 is 5.73 Å². The van der Waals surface area contributed by atoms with Crippen molar-refractivity contribution in [3.63, 3.8) is 0 Å². The fourth-order valence-corrected chi connectivity index (χ4v) is 3.41. The zero-order valence-electron chi connectivity index (χ0n) is 14.9. The highest BCUT2D eigenvalue weighted by molar-refractivity contribution is 5.92. The molecule has 1 saturated heterocycles. The summed E-state index contributed by atoms with van der Waals surface area (Å²) in [7, 11) is 0. The predicted molar refractivity (Wildman–Crippen MR) is 97.8 cm³/mol. The van der Waals surface area contributed by atoms with Gasteiger partial charge in [0.1, 0.15) is 17.3 Å². The van der Waals surface area contributed by atoms with Gasteiger partial charge in [0.15, 0.2) is 5.69 Å². The van der Waals surface area contributed by atoms with Gasteiger partial charge in [-0.2, -0.15) is 5.10 Å². The summed E-state index contributed by atoms with van der Waals surface area (Å²) in [5, 5.41) is 4.14. The van der Waals surface area contributed by atoms with E-state index >= 15 is 0 Å². The van der Waals surface area contributed by atoms with Gasteiger partial charge in [-0.3, -0.25) is 4.79 Å². The molecule has 0 aliphatic carbocycles. The Morgan fingerprint density at radius 1 is 1.21 bits per heavy atom. The highest BCUT2D eigenvalue weighted by atomic mass is 19.1. The summed E-state index contributed by atoms with van der Waals surface area (Å²) in [5.41, 5.74) is 6.59. The Morgan fingerprint density at radius 2 is 2.07 bits per heavy atom. The fraction of sp³-hybridized carbons (Fsp3) is 0.263. The molecule has 1 atom stereocenters. The van der Waals surface area contributed by atoms with Crippen LogP contribution in [0.15, 0.2) is 42.7 Å². The Balaban J connectivity index is 1.53. The number of likely N-dealkylation sites (tertiary alicyclic amines) is 1. The number of aromatic nitrogens is 4. The number of nitrogens with two attached hydrogens (primary N) is 1. The first-order chi connectivity index (χ1) is 13.5. The molecule has 0 spiro atoms. The Kier molecular flexibility index (Phi) is 4.72. The lowest BCUT2D eigenvalue weighted by Crippen LogP contribution is -2.39. The number of nitrogens with zero attached hydrogens (tertiary/aromatic N) is 5. The van der Waals surface area contributed by atoms with E-state index in [0.29, 0.717) is 13.1 Å². The number of carbonyl (C=O) groups is 1. The van der Waals surface area contributed by atoms with Gasteiger partial charge in [0.2, 0.25) is 5.95 Å². The molecule has 1 aliphatic rings. The standard InChI is InChI=1S/C19H18F2N6O/c20-13-3-4-14(21)17(10-13)27-9-6-16(25-27)18(28)26-8-1-2-12(11-26)15-5-7-23-19(22)24-15/h3-7,9-10,12H,1-2,8,11H2,(H2,22,23,24). The van der Waals surface area contributed by atoms with Gasteiger partial charge in [0, 0.05) is 37.5 Å². The molecule has 1 fully saturated rings. The van der Waals surface area contributed by atoms with Crippen molar-refractivity contribution in [1.82, 2.24) is 24.6 Å². The molecule has 0 bridgehead atoms. The Bertz CT molecular complexity index is 1020. The third-order valence-electron chi connectivity index (χ3n) is 4.79. The molecule has 2 aromatic heterocycles. The fourth-order valence-electron chi connectivity index (χ4n) is 3.41. The second-order valence-electron chi connectivity index (χ2n) is 6.67. The van der Waals surface area contributed by atoms with Crippen LogP contribution in [0.4, 0.5) is 14.7 Å². The lowest BCUT2D eigenvalue weighted by Gasteiger charge is -2.32. The van der Waals surface area contributed by atoms with Crippen molar-refractivity contribution in [1.29, 1.82) is 0 Å². The minimum atomic E-state index is -0.622. The Morgan fingerprint density at radius 3 is 2.89 bits per heavy atom. The van der Waals surface area contributed by atoms with Crippen molar-refractivity contribution in [3.05, 3.63) is 65.7 Å². The largest absolute Gasteiger partial charge is 0.368 e. The summed E-state index contributed by atoms with van der Waals surface area (Å²) >= 11 is 0. The van der Waals surface area contributed by atoms with Crippen LogP contribution >= 0.6 is 0 Å². The van der Waals surface area contributed by atoms with Crippen LogP contribution in [0.5, 0.6) is 0 Å². The Hall–Kier alpha value is -3.36. The van der Waals surface area contributed by atoms with Crippen molar-refractivity contribution in [3.8, 4) is 5.69 Å². The number of amides is 1. The van der Waals surface area contributed by atoms with Gasteiger partial charge in [-0.25, -0.2) is 23.4 Å². The van der Waals surface area contributed by atoms with E-state index in [-0.39, 0.29) is 29.2 Å². The molecular weight excluding hydrogens is 366 g/mol. The van der Waals surface area contributed by atoms with Crippen molar-refractivity contribution in [2.45, 2.75) is 18.8 Å². The molecule has 9 heteroatoms. The molecule has 0 saturated carbocycles. The third kappa shape index (κ3) is 3.55. The second kappa shape index (κ2) is 7.34. The molecule has 2 N–H and O–H groups in total. The maximum atomic E-state index is 13.9. The summed E-state index contributed by atoms with van der Waals surface area (Å²) in [6.07, 6.45) is 4.76. The molecule has 1 unspecified atom stereocenters.